The van der Waals surface area contributed by atoms with E-state index in [-0.39, 0.29) is 33.8 Å². The quantitative estimate of drug-likeness (QED) is 0.538. The van der Waals surface area contributed by atoms with Gasteiger partial charge in [0, 0.05) is 36.4 Å². The van der Waals surface area contributed by atoms with Crippen LogP contribution in [0.4, 0.5) is 11.5 Å². The van der Waals surface area contributed by atoms with Crippen LogP contribution in [0.2, 0.25) is 0 Å². The molecule has 0 unspecified atom stereocenters. The van der Waals surface area contributed by atoms with E-state index >= 15 is 0 Å². The molecule has 186 valence electrons. The zero-order valence-corrected chi connectivity index (χ0v) is 20.1. The molecule has 2 aromatic rings. The van der Waals surface area contributed by atoms with Gasteiger partial charge < -0.3 is 29.6 Å². The van der Waals surface area contributed by atoms with Crippen molar-refractivity contribution < 1.29 is 28.5 Å². The molecule has 0 radical (unpaired) electrons. The van der Waals surface area contributed by atoms with Gasteiger partial charge in [0.15, 0.2) is 0 Å². The van der Waals surface area contributed by atoms with Crippen molar-refractivity contribution in [3.05, 3.63) is 35.7 Å². The number of esters is 1. The zero-order valence-electron chi connectivity index (χ0n) is 20.1. The van der Waals surface area contributed by atoms with Gasteiger partial charge in [-0.05, 0) is 25.3 Å². The molecule has 0 aromatic carbocycles. The summed E-state index contributed by atoms with van der Waals surface area (Å²) in [6.45, 7) is 3.47. The lowest BCUT2D eigenvalue weighted by Gasteiger charge is -2.74. The van der Waals surface area contributed by atoms with Crippen molar-refractivity contribution >= 4 is 23.4 Å². The minimum absolute atomic E-state index is 0.0917. The first kappa shape index (κ1) is 23.3. The van der Waals surface area contributed by atoms with Gasteiger partial charge in [-0.25, -0.2) is 14.8 Å². The lowest BCUT2D eigenvalue weighted by atomic mass is 9.43. The van der Waals surface area contributed by atoms with Crippen LogP contribution in [0, 0.1) is 0 Å². The van der Waals surface area contributed by atoms with Gasteiger partial charge in [0.2, 0.25) is 5.88 Å². The van der Waals surface area contributed by atoms with Crippen LogP contribution in [0.1, 0.15) is 40.0 Å². The molecule has 1 aliphatic heterocycles. The number of amides is 1. The number of pyridine rings is 2. The molecule has 3 heterocycles. The van der Waals surface area contributed by atoms with E-state index in [1.54, 1.807) is 12.3 Å². The number of hydrogen-bond donors (Lipinski definition) is 2. The number of carbonyl (C=O) groups is 2. The Kier molecular flexibility index (Phi) is 5.97. The Morgan fingerprint density at radius 1 is 1.09 bits per heavy atom. The fraction of sp³-hybridized carbons (Fsp3) is 0.500. The Balaban J connectivity index is 1.37. The predicted octanol–water partition coefficient (Wildman–Crippen LogP) is 1.95. The number of morpholine rings is 1. The maximum atomic E-state index is 13.4. The molecule has 3 aliphatic carbocycles. The smallest absolute Gasteiger partial charge is 0.340 e. The van der Waals surface area contributed by atoms with E-state index in [0.717, 1.165) is 45.6 Å². The van der Waals surface area contributed by atoms with E-state index in [1.807, 2.05) is 0 Å². The summed E-state index contributed by atoms with van der Waals surface area (Å²) in [6.07, 6.45) is 5.95. The van der Waals surface area contributed by atoms with Crippen LogP contribution >= 0.6 is 0 Å². The highest BCUT2D eigenvalue weighted by Gasteiger charge is 2.70. The van der Waals surface area contributed by atoms with Gasteiger partial charge in [-0.3, -0.25) is 9.69 Å². The number of methoxy groups -OCH3 is 3. The van der Waals surface area contributed by atoms with Crippen molar-refractivity contribution in [1.82, 2.24) is 14.9 Å². The van der Waals surface area contributed by atoms with Crippen molar-refractivity contribution in [3.63, 3.8) is 0 Å². The summed E-state index contributed by atoms with van der Waals surface area (Å²) in [7, 11) is 4.20. The second-order valence-corrected chi connectivity index (χ2v) is 9.21. The molecular weight excluding hydrogens is 454 g/mol. The lowest BCUT2D eigenvalue weighted by Crippen LogP contribution is -2.82. The standard InChI is InChI=1S/C24H29N5O6/c1-32-17-4-5-25-20(28-23-12-24(13-23,14-23)29-6-8-35-9-7-29)19(17)21(30)27-16-11-26-18(33-2)10-15(16)22(31)34-3/h4-5,10-11H,6-9,12-14H2,1-3H3,(H,25,28)(H,27,30). The zero-order chi connectivity index (χ0) is 24.6. The van der Waals surface area contributed by atoms with Crippen LogP contribution in [0.25, 0.3) is 0 Å². The maximum Gasteiger partial charge on any atom is 0.340 e. The van der Waals surface area contributed by atoms with Crippen molar-refractivity contribution in [2.75, 3.05) is 58.3 Å². The monoisotopic (exact) mass is 483 g/mol. The molecule has 35 heavy (non-hydrogen) atoms. The normalized spacial score (nSPS) is 25.0. The summed E-state index contributed by atoms with van der Waals surface area (Å²) in [5, 5.41) is 6.29. The molecule has 2 aromatic heterocycles. The average Bonchev–Trinajstić information content (AvgIpc) is 2.85. The number of aromatic nitrogens is 2. The van der Waals surface area contributed by atoms with Crippen molar-refractivity contribution in [3.8, 4) is 11.6 Å². The highest BCUT2D eigenvalue weighted by Crippen LogP contribution is 2.65. The van der Waals surface area contributed by atoms with Crippen molar-refractivity contribution in [2.24, 2.45) is 0 Å². The Morgan fingerprint density at radius 2 is 1.83 bits per heavy atom. The third-order valence-electron chi connectivity index (χ3n) is 7.17. The van der Waals surface area contributed by atoms with E-state index in [1.165, 1.54) is 33.6 Å². The molecule has 1 amide bonds. The number of hydrogen-bond acceptors (Lipinski definition) is 10. The summed E-state index contributed by atoms with van der Waals surface area (Å²) in [5.41, 5.74) is 0.702. The first-order chi connectivity index (χ1) is 16.9. The topological polar surface area (TPSA) is 124 Å². The summed E-state index contributed by atoms with van der Waals surface area (Å²) < 4.78 is 20.9. The van der Waals surface area contributed by atoms with Gasteiger partial charge in [-0.1, -0.05) is 0 Å². The fourth-order valence-electron chi connectivity index (χ4n) is 5.53. The van der Waals surface area contributed by atoms with E-state index in [9.17, 15) is 9.59 Å². The number of ether oxygens (including phenoxy) is 4. The third-order valence-corrected chi connectivity index (χ3v) is 7.17. The summed E-state index contributed by atoms with van der Waals surface area (Å²) in [5.74, 6) is -0.0693. The van der Waals surface area contributed by atoms with Gasteiger partial charge in [0.05, 0.1) is 52.0 Å². The highest BCUT2D eigenvalue weighted by molar-refractivity contribution is 6.11. The molecule has 2 N–H and O–H groups in total. The predicted molar refractivity (Wildman–Crippen MR) is 126 cm³/mol. The summed E-state index contributed by atoms with van der Waals surface area (Å²) in [6, 6.07) is 3.04. The van der Waals surface area contributed by atoms with Crippen LogP contribution in [0.5, 0.6) is 11.6 Å². The molecular formula is C24H29N5O6. The molecule has 3 saturated carbocycles. The van der Waals surface area contributed by atoms with Gasteiger partial charge in [0.25, 0.3) is 5.91 Å². The van der Waals surface area contributed by atoms with Gasteiger partial charge in [0.1, 0.15) is 17.1 Å². The fourth-order valence-corrected chi connectivity index (χ4v) is 5.53. The largest absolute Gasteiger partial charge is 0.496 e. The van der Waals surface area contributed by atoms with Gasteiger partial charge in [-0.2, -0.15) is 0 Å². The van der Waals surface area contributed by atoms with Gasteiger partial charge in [-0.15, -0.1) is 0 Å². The van der Waals surface area contributed by atoms with E-state index in [4.69, 9.17) is 18.9 Å². The molecule has 6 rings (SSSR count). The highest BCUT2D eigenvalue weighted by atomic mass is 16.5. The SMILES string of the molecule is COC(=O)c1cc(OC)ncc1NC(=O)c1c(OC)ccnc1NC12CC(N3CCOCC3)(C1)C2. The van der Waals surface area contributed by atoms with Crippen LogP contribution in [-0.2, 0) is 9.47 Å². The van der Waals surface area contributed by atoms with Crippen LogP contribution in [-0.4, -0.2) is 85.5 Å². The molecule has 4 aliphatic rings. The number of nitrogens with one attached hydrogen (secondary N) is 2. The summed E-state index contributed by atoms with van der Waals surface area (Å²) >= 11 is 0. The van der Waals surface area contributed by atoms with Gasteiger partial charge >= 0.3 is 5.97 Å². The molecule has 1 saturated heterocycles. The van der Waals surface area contributed by atoms with E-state index < -0.39 is 11.9 Å². The number of nitrogens with zero attached hydrogens (tertiary/aromatic N) is 3. The first-order valence-electron chi connectivity index (χ1n) is 11.5. The average molecular weight is 484 g/mol. The summed E-state index contributed by atoms with van der Waals surface area (Å²) in [4.78, 5) is 36.8. The van der Waals surface area contributed by atoms with Crippen molar-refractivity contribution in [1.29, 1.82) is 0 Å². The maximum absolute atomic E-state index is 13.4. The molecule has 0 spiro atoms. The second-order valence-electron chi connectivity index (χ2n) is 9.21. The molecule has 4 fully saturated rings. The van der Waals surface area contributed by atoms with E-state index in [0.29, 0.717) is 11.6 Å². The lowest BCUT2D eigenvalue weighted by molar-refractivity contribution is -0.172. The number of rotatable bonds is 8. The minimum atomic E-state index is -0.625. The Hall–Kier alpha value is -3.44. The van der Waals surface area contributed by atoms with Crippen molar-refractivity contribution in [2.45, 2.75) is 30.3 Å². The minimum Gasteiger partial charge on any atom is -0.496 e. The number of carbonyl (C=O) groups excluding carboxylic acids is 2. The number of anilines is 2. The second kappa shape index (κ2) is 8.97. The third kappa shape index (κ3) is 4.04. The first-order valence-corrected chi connectivity index (χ1v) is 11.5. The molecule has 11 heteroatoms. The van der Waals surface area contributed by atoms with Crippen LogP contribution in [0.15, 0.2) is 24.5 Å². The van der Waals surface area contributed by atoms with Crippen LogP contribution < -0.4 is 20.1 Å². The van der Waals surface area contributed by atoms with E-state index in [2.05, 4.69) is 25.5 Å². The Labute approximate surface area is 203 Å². The Bertz CT molecular complexity index is 1130. The molecule has 0 atom stereocenters. The molecule has 2 bridgehead atoms. The van der Waals surface area contributed by atoms with Crippen LogP contribution in [0.3, 0.4) is 0 Å². The molecule has 11 nitrogen and oxygen atoms in total. The Morgan fingerprint density at radius 3 is 2.49 bits per heavy atom.